The second-order valence-corrected chi connectivity index (χ2v) is 6.13. The number of aryl methyl sites for hydroxylation is 2. The number of fused-ring (bicyclic) bond motifs is 1. The van der Waals surface area contributed by atoms with Crippen LogP contribution in [-0.4, -0.2) is 38.0 Å². The first-order valence-corrected chi connectivity index (χ1v) is 7.91. The zero-order chi connectivity index (χ0) is 15.5. The van der Waals surface area contributed by atoms with Gasteiger partial charge in [0.15, 0.2) is 0 Å². The lowest BCUT2D eigenvalue weighted by molar-refractivity contribution is 0.225. The largest absolute Gasteiger partial charge is 0.335 e. The molecule has 22 heavy (non-hydrogen) atoms. The highest BCUT2D eigenvalue weighted by Crippen LogP contribution is 2.19. The van der Waals surface area contributed by atoms with E-state index in [1.54, 1.807) is 6.07 Å². The first kappa shape index (κ1) is 15.0. The Balaban J connectivity index is 1.60. The van der Waals surface area contributed by atoms with Gasteiger partial charge in [-0.1, -0.05) is 6.92 Å². The van der Waals surface area contributed by atoms with E-state index in [2.05, 4.69) is 37.7 Å². The van der Waals surface area contributed by atoms with Gasteiger partial charge in [0.2, 0.25) is 0 Å². The number of nitrogens with one attached hydrogen (secondary N) is 1. The van der Waals surface area contributed by atoms with Crippen LogP contribution < -0.4 is 5.56 Å². The van der Waals surface area contributed by atoms with Gasteiger partial charge in [0.25, 0.3) is 5.56 Å². The van der Waals surface area contributed by atoms with Crippen LogP contribution in [-0.2, 0) is 25.9 Å². The molecule has 0 saturated heterocycles. The quantitative estimate of drug-likeness (QED) is 0.902. The van der Waals surface area contributed by atoms with Crippen LogP contribution in [0.15, 0.2) is 23.3 Å². The van der Waals surface area contributed by atoms with Gasteiger partial charge < -0.3 is 9.55 Å². The molecular weight excluding hydrogens is 278 g/mol. The molecule has 0 saturated carbocycles. The molecule has 0 radical (unpaired) electrons. The maximum Gasteiger partial charge on any atom is 0.251 e. The monoisotopic (exact) mass is 301 g/mol. The number of rotatable bonds is 5. The van der Waals surface area contributed by atoms with Crippen molar-refractivity contribution in [1.29, 1.82) is 0 Å². The van der Waals surface area contributed by atoms with E-state index in [0.717, 1.165) is 37.4 Å². The molecule has 6 nitrogen and oxygen atoms in total. The highest BCUT2D eigenvalue weighted by molar-refractivity contribution is 5.02. The van der Waals surface area contributed by atoms with Gasteiger partial charge in [0.05, 0.1) is 6.54 Å². The summed E-state index contributed by atoms with van der Waals surface area (Å²) in [6.45, 7) is 4.71. The number of hydrogen-bond donors (Lipinski definition) is 1. The molecule has 1 aliphatic rings. The summed E-state index contributed by atoms with van der Waals surface area (Å²) in [7, 11) is 2.09. The lowest BCUT2D eigenvalue weighted by atomic mass is 9.99. The van der Waals surface area contributed by atoms with Gasteiger partial charge in [-0.3, -0.25) is 9.69 Å². The van der Waals surface area contributed by atoms with Gasteiger partial charge in [-0.05, 0) is 25.8 Å². The van der Waals surface area contributed by atoms with Crippen LogP contribution in [0.1, 0.15) is 30.7 Å². The summed E-state index contributed by atoms with van der Waals surface area (Å²) in [6, 6.07) is 1.57. The summed E-state index contributed by atoms with van der Waals surface area (Å²) < 4.78 is 2.25. The number of nitrogens with zero attached hydrogens (tertiary/aromatic N) is 4. The maximum atomic E-state index is 11.6. The van der Waals surface area contributed by atoms with E-state index in [-0.39, 0.29) is 5.56 Å². The molecule has 0 aromatic carbocycles. The fourth-order valence-corrected chi connectivity index (χ4v) is 3.17. The Labute approximate surface area is 130 Å². The van der Waals surface area contributed by atoms with Crippen LogP contribution in [0.3, 0.4) is 0 Å². The molecule has 2 aromatic rings. The Kier molecular flexibility index (Phi) is 4.38. The molecule has 0 aliphatic carbocycles. The van der Waals surface area contributed by atoms with Gasteiger partial charge in [0, 0.05) is 43.7 Å². The number of aromatic amines is 1. The first-order valence-electron chi connectivity index (χ1n) is 7.91. The van der Waals surface area contributed by atoms with Gasteiger partial charge in [0.1, 0.15) is 11.6 Å². The molecule has 118 valence electrons. The van der Waals surface area contributed by atoms with Crippen LogP contribution >= 0.6 is 0 Å². The number of imidazole rings is 1. The summed E-state index contributed by atoms with van der Waals surface area (Å²) in [5, 5.41) is 0. The molecule has 0 unspecified atom stereocenters. The second-order valence-electron chi connectivity index (χ2n) is 6.13. The topological polar surface area (TPSA) is 66.8 Å². The fourth-order valence-electron chi connectivity index (χ4n) is 3.17. The number of aromatic nitrogens is 4. The minimum Gasteiger partial charge on any atom is -0.335 e. The Morgan fingerprint density at radius 3 is 3.18 bits per heavy atom. The van der Waals surface area contributed by atoms with E-state index in [1.807, 2.05) is 13.1 Å². The second kappa shape index (κ2) is 6.44. The van der Waals surface area contributed by atoms with Crippen molar-refractivity contribution in [1.82, 2.24) is 24.4 Å². The smallest absolute Gasteiger partial charge is 0.251 e. The third kappa shape index (κ3) is 3.44. The van der Waals surface area contributed by atoms with Crippen molar-refractivity contribution < 1.29 is 0 Å². The number of H-pyrrole nitrogens is 1. The third-order valence-electron chi connectivity index (χ3n) is 4.23. The van der Waals surface area contributed by atoms with Crippen LogP contribution in [0.25, 0.3) is 0 Å². The molecule has 0 amide bonds. The zero-order valence-corrected chi connectivity index (χ0v) is 13.2. The molecule has 1 atom stereocenters. The van der Waals surface area contributed by atoms with Crippen LogP contribution in [0.2, 0.25) is 0 Å². The molecule has 3 heterocycles. The summed E-state index contributed by atoms with van der Waals surface area (Å²) in [4.78, 5) is 25.6. The van der Waals surface area contributed by atoms with Crippen molar-refractivity contribution in [2.45, 2.75) is 39.3 Å². The highest BCUT2D eigenvalue weighted by atomic mass is 16.1. The third-order valence-corrected chi connectivity index (χ3v) is 4.23. The summed E-state index contributed by atoms with van der Waals surface area (Å²) in [6.07, 6.45) is 6.94. The Hall–Kier alpha value is -1.95. The predicted molar refractivity (Wildman–Crippen MR) is 84.6 cm³/mol. The Morgan fingerprint density at radius 1 is 1.50 bits per heavy atom. The van der Waals surface area contributed by atoms with E-state index >= 15 is 0 Å². The van der Waals surface area contributed by atoms with Crippen molar-refractivity contribution >= 4 is 0 Å². The van der Waals surface area contributed by atoms with Gasteiger partial charge in [-0.2, -0.15) is 0 Å². The van der Waals surface area contributed by atoms with Gasteiger partial charge in [-0.15, -0.1) is 0 Å². The molecule has 3 rings (SSSR count). The lowest BCUT2D eigenvalue weighted by Crippen LogP contribution is -2.32. The van der Waals surface area contributed by atoms with Crippen molar-refractivity contribution in [2.24, 2.45) is 5.92 Å². The van der Waals surface area contributed by atoms with Crippen LogP contribution in [0.5, 0.6) is 0 Å². The molecule has 0 spiro atoms. The van der Waals surface area contributed by atoms with E-state index < -0.39 is 0 Å². The molecular formula is C16H23N5O. The van der Waals surface area contributed by atoms with E-state index in [1.165, 1.54) is 12.2 Å². The summed E-state index contributed by atoms with van der Waals surface area (Å²) in [5.41, 5.74) is 0.795. The SMILES string of the molecule is CCc1cc(=O)[nH]c(CN(C)C[C@@H]2CCc3nccn3C2)n1. The van der Waals surface area contributed by atoms with Gasteiger partial charge in [-0.25, -0.2) is 9.97 Å². The summed E-state index contributed by atoms with van der Waals surface area (Å²) in [5.74, 6) is 2.57. The molecule has 6 heteroatoms. The van der Waals surface area contributed by atoms with Crippen molar-refractivity contribution in [3.63, 3.8) is 0 Å². The number of hydrogen-bond acceptors (Lipinski definition) is 4. The predicted octanol–water partition coefficient (Wildman–Crippen LogP) is 1.22. The molecule has 1 N–H and O–H groups in total. The van der Waals surface area contributed by atoms with Crippen LogP contribution in [0, 0.1) is 5.92 Å². The zero-order valence-electron chi connectivity index (χ0n) is 13.2. The minimum absolute atomic E-state index is 0.0593. The average molecular weight is 301 g/mol. The van der Waals surface area contributed by atoms with E-state index in [9.17, 15) is 4.79 Å². The minimum atomic E-state index is -0.0593. The van der Waals surface area contributed by atoms with E-state index in [0.29, 0.717) is 12.5 Å². The first-order chi connectivity index (χ1) is 10.6. The van der Waals surface area contributed by atoms with Crippen LogP contribution in [0.4, 0.5) is 0 Å². The Bertz CT molecular complexity index is 690. The maximum absolute atomic E-state index is 11.6. The highest BCUT2D eigenvalue weighted by Gasteiger charge is 2.20. The fraction of sp³-hybridized carbons (Fsp3) is 0.562. The average Bonchev–Trinajstić information content (AvgIpc) is 2.93. The molecule has 0 fully saturated rings. The van der Waals surface area contributed by atoms with E-state index in [4.69, 9.17) is 0 Å². The normalized spacial score (nSPS) is 17.7. The standard InChI is InChI=1S/C16H23N5O/c1-3-13-8-16(22)19-14(18-13)11-20(2)9-12-4-5-15-17-6-7-21(15)10-12/h6-8,12H,3-5,9-11H2,1-2H3,(H,18,19,22)/t12-/m0/s1. The van der Waals surface area contributed by atoms with Crippen molar-refractivity contribution in [2.75, 3.05) is 13.6 Å². The van der Waals surface area contributed by atoms with Gasteiger partial charge >= 0.3 is 0 Å². The molecule has 1 aliphatic heterocycles. The Morgan fingerprint density at radius 2 is 2.36 bits per heavy atom. The molecule has 2 aromatic heterocycles. The molecule has 0 bridgehead atoms. The lowest BCUT2D eigenvalue weighted by Gasteiger charge is -2.27. The van der Waals surface area contributed by atoms with Crippen molar-refractivity contribution in [3.05, 3.63) is 46.2 Å². The van der Waals surface area contributed by atoms with Crippen molar-refractivity contribution in [3.8, 4) is 0 Å². The summed E-state index contributed by atoms with van der Waals surface area (Å²) >= 11 is 0.